The lowest BCUT2D eigenvalue weighted by molar-refractivity contribution is 0.462. The zero-order valence-electron chi connectivity index (χ0n) is 11.9. The molecule has 0 saturated carbocycles. The van der Waals surface area contributed by atoms with Crippen LogP contribution in [0.25, 0.3) is 21.5 Å². The summed E-state index contributed by atoms with van der Waals surface area (Å²) in [5.74, 6) is 1.60. The molecule has 0 aliphatic heterocycles. The Balaban J connectivity index is 1.49. The van der Waals surface area contributed by atoms with Crippen molar-refractivity contribution >= 4 is 34.4 Å². The molecular weight excluding hydrogens is 352 g/mol. The number of thioether (sulfide) groups is 1. The fraction of sp³-hybridized carbons (Fsp3) is 0.143. The molecule has 1 unspecified atom stereocenters. The lowest BCUT2D eigenvalue weighted by atomic mass is 10.5. The summed E-state index contributed by atoms with van der Waals surface area (Å²) in [4.78, 5) is 1.91. The Morgan fingerprint density at radius 3 is 2.22 bits per heavy atom. The molecule has 0 radical (unpaired) electrons. The Morgan fingerprint density at radius 2 is 1.57 bits per heavy atom. The summed E-state index contributed by atoms with van der Waals surface area (Å²) >= 11 is 4.52. The van der Waals surface area contributed by atoms with Gasteiger partial charge in [0.25, 0.3) is 17.0 Å². The van der Waals surface area contributed by atoms with Gasteiger partial charge in [-0.2, -0.15) is 0 Å². The maximum Gasteiger partial charge on any atom is 0.277 e. The first-order valence-electron chi connectivity index (χ1n) is 6.71. The van der Waals surface area contributed by atoms with Crippen LogP contribution in [0, 0.1) is 0 Å². The lowest BCUT2D eigenvalue weighted by Gasteiger charge is -2.01. The molecule has 0 spiro atoms. The van der Waals surface area contributed by atoms with Gasteiger partial charge in [0.1, 0.15) is 0 Å². The highest BCUT2D eigenvalue weighted by Crippen LogP contribution is 2.36. The van der Waals surface area contributed by atoms with Gasteiger partial charge in [0.05, 0.1) is 15.0 Å². The molecule has 0 N–H and O–H groups in total. The molecule has 9 heteroatoms. The fourth-order valence-electron chi connectivity index (χ4n) is 1.86. The summed E-state index contributed by atoms with van der Waals surface area (Å²) in [7, 11) is 0. The zero-order chi connectivity index (χ0) is 15.6. The Kier molecular flexibility index (Phi) is 3.98. The van der Waals surface area contributed by atoms with E-state index in [4.69, 9.17) is 8.83 Å². The van der Waals surface area contributed by atoms with E-state index < -0.39 is 0 Å². The third-order valence-corrected chi connectivity index (χ3v) is 5.57. The highest BCUT2D eigenvalue weighted by Gasteiger charge is 2.20. The van der Waals surface area contributed by atoms with E-state index in [0.29, 0.717) is 22.9 Å². The minimum Gasteiger partial charge on any atom is -0.419 e. The molecule has 4 aromatic rings. The van der Waals surface area contributed by atoms with Gasteiger partial charge >= 0.3 is 0 Å². The summed E-state index contributed by atoms with van der Waals surface area (Å²) in [5.41, 5.74) is 0. The molecule has 0 bridgehead atoms. The van der Waals surface area contributed by atoms with Crippen molar-refractivity contribution in [1.82, 2.24) is 20.4 Å². The molecule has 116 valence electrons. The Labute approximate surface area is 143 Å². The van der Waals surface area contributed by atoms with Crippen LogP contribution in [-0.4, -0.2) is 20.4 Å². The molecule has 23 heavy (non-hydrogen) atoms. The van der Waals surface area contributed by atoms with E-state index in [9.17, 15) is 0 Å². The number of aromatic nitrogens is 4. The van der Waals surface area contributed by atoms with E-state index >= 15 is 0 Å². The van der Waals surface area contributed by atoms with Crippen molar-refractivity contribution in [2.45, 2.75) is 17.4 Å². The van der Waals surface area contributed by atoms with Crippen LogP contribution in [0.2, 0.25) is 0 Å². The van der Waals surface area contributed by atoms with Crippen molar-refractivity contribution in [3.05, 3.63) is 40.9 Å². The molecule has 4 aromatic heterocycles. The SMILES string of the molecule is CC(Sc1nnc(-c2cccs2)o1)c1nnc(-c2cccs2)o1. The number of thiophene rings is 2. The highest BCUT2D eigenvalue weighted by molar-refractivity contribution is 7.99. The largest absolute Gasteiger partial charge is 0.419 e. The average molecular weight is 362 g/mol. The quantitative estimate of drug-likeness (QED) is 0.473. The smallest absolute Gasteiger partial charge is 0.277 e. The van der Waals surface area contributed by atoms with Gasteiger partial charge in [-0.15, -0.1) is 43.1 Å². The lowest BCUT2D eigenvalue weighted by Crippen LogP contribution is -1.88. The van der Waals surface area contributed by atoms with E-state index in [-0.39, 0.29) is 5.25 Å². The van der Waals surface area contributed by atoms with E-state index in [1.807, 2.05) is 41.9 Å². The molecule has 6 nitrogen and oxygen atoms in total. The van der Waals surface area contributed by atoms with Crippen LogP contribution in [0.4, 0.5) is 0 Å². The van der Waals surface area contributed by atoms with Crippen molar-refractivity contribution in [2.24, 2.45) is 0 Å². The standard InChI is InChI=1S/C14H10N4O2S3/c1-8(11-15-16-12(19-11)9-4-2-6-21-9)23-14-18-17-13(20-14)10-5-3-7-22-10/h2-8H,1H3. The molecule has 0 aromatic carbocycles. The number of hydrogen-bond acceptors (Lipinski definition) is 9. The molecular formula is C14H10N4O2S3. The molecule has 0 saturated heterocycles. The second-order valence-corrected chi connectivity index (χ2v) is 7.72. The Morgan fingerprint density at radius 1 is 0.913 bits per heavy atom. The first-order chi connectivity index (χ1) is 11.3. The van der Waals surface area contributed by atoms with Crippen molar-refractivity contribution in [2.75, 3.05) is 0 Å². The highest BCUT2D eigenvalue weighted by atomic mass is 32.2. The topological polar surface area (TPSA) is 77.8 Å². The summed E-state index contributed by atoms with van der Waals surface area (Å²) in [6, 6.07) is 7.79. The Bertz CT molecular complexity index is 883. The van der Waals surface area contributed by atoms with Crippen LogP contribution in [0.5, 0.6) is 0 Å². The first kappa shape index (κ1) is 14.6. The summed E-state index contributed by atoms with van der Waals surface area (Å²) in [6.07, 6.45) is 0. The van der Waals surface area contributed by atoms with Crippen molar-refractivity contribution < 1.29 is 8.83 Å². The predicted octanol–water partition coefficient (Wildman–Crippen LogP) is 4.76. The van der Waals surface area contributed by atoms with Crippen LogP contribution < -0.4 is 0 Å². The zero-order valence-corrected chi connectivity index (χ0v) is 14.3. The van der Waals surface area contributed by atoms with Crippen molar-refractivity contribution in [1.29, 1.82) is 0 Å². The summed E-state index contributed by atoms with van der Waals surface area (Å²) in [6.45, 7) is 1.96. The molecule has 4 heterocycles. The normalized spacial score (nSPS) is 12.6. The Hall–Kier alpha value is -1.97. The second kappa shape index (κ2) is 6.26. The van der Waals surface area contributed by atoms with E-state index in [1.165, 1.54) is 11.8 Å². The molecule has 0 aliphatic rings. The maximum atomic E-state index is 5.72. The number of rotatable bonds is 5. The third kappa shape index (κ3) is 3.07. The third-order valence-electron chi connectivity index (χ3n) is 2.94. The molecule has 0 amide bonds. The van der Waals surface area contributed by atoms with Gasteiger partial charge in [-0.05, 0) is 29.8 Å². The van der Waals surface area contributed by atoms with Gasteiger partial charge in [-0.25, -0.2) is 0 Å². The monoisotopic (exact) mass is 362 g/mol. The first-order valence-corrected chi connectivity index (χ1v) is 9.35. The van der Waals surface area contributed by atoms with Crippen molar-refractivity contribution in [3.63, 3.8) is 0 Å². The second-order valence-electron chi connectivity index (χ2n) is 4.53. The minimum atomic E-state index is -0.0761. The van der Waals surface area contributed by atoms with Crippen LogP contribution in [0.1, 0.15) is 18.1 Å². The molecule has 1 atom stereocenters. The van der Waals surface area contributed by atoms with E-state index in [0.717, 1.165) is 9.75 Å². The predicted molar refractivity (Wildman–Crippen MR) is 89.5 cm³/mol. The summed E-state index contributed by atoms with van der Waals surface area (Å²) < 4.78 is 11.4. The molecule has 0 aliphatic carbocycles. The summed E-state index contributed by atoms with van der Waals surface area (Å²) in [5, 5.41) is 20.7. The van der Waals surface area contributed by atoms with Crippen LogP contribution in [-0.2, 0) is 0 Å². The average Bonchev–Trinajstić information content (AvgIpc) is 3.30. The van der Waals surface area contributed by atoms with Gasteiger partial charge in [0, 0.05) is 0 Å². The van der Waals surface area contributed by atoms with Crippen LogP contribution in [0.3, 0.4) is 0 Å². The number of nitrogens with zero attached hydrogens (tertiary/aromatic N) is 4. The molecule has 4 rings (SSSR count). The van der Waals surface area contributed by atoms with Gasteiger partial charge in [-0.1, -0.05) is 23.9 Å². The van der Waals surface area contributed by atoms with Crippen LogP contribution >= 0.6 is 34.4 Å². The van der Waals surface area contributed by atoms with Crippen molar-refractivity contribution in [3.8, 4) is 21.5 Å². The van der Waals surface area contributed by atoms with Gasteiger partial charge < -0.3 is 8.83 Å². The van der Waals surface area contributed by atoms with Gasteiger partial charge in [0.2, 0.25) is 5.89 Å². The molecule has 0 fully saturated rings. The van der Waals surface area contributed by atoms with Crippen LogP contribution in [0.15, 0.2) is 49.1 Å². The van der Waals surface area contributed by atoms with Gasteiger partial charge in [0.15, 0.2) is 0 Å². The fourth-order valence-corrected chi connectivity index (χ4v) is 3.86. The van der Waals surface area contributed by atoms with Gasteiger partial charge in [-0.3, -0.25) is 0 Å². The van der Waals surface area contributed by atoms with E-state index in [1.54, 1.807) is 22.7 Å². The number of hydrogen-bond donors (Lipinski definition) is 0. The minimum absolute atomic E-state index is 0.0761. The van der Waals surface area contributed by atoms with E-state index in [2.05, 4.69) is 20.4 Å². The maximum absolute atomic E-state index is 5.72.